The molecule has 3 unspecified atom stereocenters. The molecule has 3 atom stereocenters. The summed E-state index contributed by atoms with van der Waals surface area (Å²) in [5.41, 5.74) is 0. The van der Waals surface area contributed by atoms with Gasteiger partial charge in [0, 0.05) is 6.42 Å². The molecule has 0 spiro atoms. The molecule has 0 aliphatic heterocycles. The molecule has 0 aromatic rings. The van der Waals surface area contributed by atoms with Crippen molar-refractivity contribution < 1.29 is 32.9 Å². The lowest BCUT2D eigenvalue weighted by atomic mass is 10.0. The maximum atomic E-state index is 12.9. The molecule has 1 amide bonds. The van der Waals surface area contributed by atoms with Crippen LogP contribution < -0.4 is 10.2 Å². The first-order chi connectivity index (χ1) is 33.5. The van der Waals surface area contributed by atoms with Crippen molar-refractivity contribution >= 4 is 13.7 Å². The van der Waals surface area contributed by atoms with Crippen molar-refractivity contribution in [2.24, 2.45) is 0 Å². The molecular formula is C60H113N2O6P. The second-order valence-electron chi connectivity index (χ2n) is 21.0. The number of quaternary nitrogens is 1. The number of aliphatic hydroxyl groups is 1. The average Bonchev–Trinajstić information content (AvgIpc) is 3.31. The zero-order valence-corrected chi connectivity index (χ0v) is 46.9. The summed E-state index contributed by atoms with van der Waals surface area (Å²) >= 11 is 0. The molecule has 404 valence electrons. The molecule has 69 heavy (non-hydrogen) atoms. The van der Waals surface area contributed by atoms with E-state index in [-0.39, 0.29) is 12.5 Å². The lowest BCUT2D eigenvalue weighted by Crippen LogP contribution is -2.45. The maximum Gasteiger partial charge on any atom is 0.268 e. The van der Waals surface area contributed by atoms with Gasteiger partial charge in [-0.15, -0.1) is 0 Å². The van der Waals surface area contributed by atoms with Gasteiger partial charge in [-0.2, -0.15) is 0 Å². The van der Waals surface area contributed by atoms with Crippen molar-refractivity contribution in [2.45, 2.75) is 276 Å². The molecule has 0 fully saturated rings. The zero-order valence-electron chi connectivity index (χ0n) is 46.0. The fraction of sp³-hybridized carbons (Fsp3) is 0.817. The summed E-state index contributed by atoms with van der Waals surface area (Å²) in [6.07, 6.45) is 68.8. The van der Waals surface area contributed by atoms with Gasteiger partial charge in [0.15, 0.2) is 0 Å². The van der Waals surface area contributed by atoms with Crippen LogP contribution in [0, 0.1) is 0 Å². The molecule has 9 heteroatoms. The molecule has 0 aliphatic carbocycles. The topological polar surface area (TPSA) is 108 Å². The summed E-state index contributed by atoms with van der Waals surface area (Å²) in [5, 5.41) is 13.8. The number of hydrogen-bond donors (Lipinski definition) is 2. The maximum absolute atomic E-state index is 12.9. The number of carbonyl (C=O) groups excluding carboxylic acids is 1. The number of nitrogens with one attached hydrogen (secondary N) is 1. The van der Waals surface area contributed by atoms with E-state index in [0.717, 1.165) is 51.4 Å². The molecule has 0 bridgehead atoms. The SMILES string of the molecule is CCCCCCC/C=C\C/C=C\C/C=C\CCCCCCCCCCCCCCCCCCCCC(=O)NC(COP(=O)([O-])OCC[N+](C)(C)C)C(O)/C=C/CC/C=C/CCCCCCCCCC. The molecular weight excluding hydrogens is 876 g/mol. The van der Waals surface area contributed by atoms with Crippen LogP contribution in [0.2, 0.25) is 0 Å². The van der Waals surface area contributed by atoms with Gasteiger partial charge in [0.25, 0.3) is 7.82 Å². The van der Waals surface area contributed by atoms with Gasteiger partial charge in [0.2, 0.25) is 5.91 Å². The molecule has 0 aromatic heterocycles. The number of rotatable bonds is 53. The first kappa shape index (κ1) is 67.2. The van der Waals surface area contributed by atoms with Gasteiger partial charge < -0.3 is 28.8 Å². The summed E-state index contributed by atoms with van der Waals surface area (Å²) < 4.78 is 23.3. The summed E-state index contributed by atoms with van der Waals surface area (Å²) in [5.74, 6) is -0.206. The van der Waals surface area contributed by atoms with Crippen molar-refractivity contribution in [1.29, 1.82) is 0 Å². The highest BCUT2D eigenvalue weighted by Crippen LogP contribution is 2.38. The fourth-order valence-electron chi connectivity index (χ4n) is 8.35. The highest BCUT2D eigenvalue weighted by molar-refractivity contribution is 7.45. The number of likely N-dealkylation sites (N-methyl/N-ethyl adjacent to an activating group) is 1. The van der Waals surface area contributed by atoms with Crippen LogP contribution in [-0.2, 0) is 18.4 Å². The van der Waals surface area contributed by atoms with E-state index in [2.05, 4.69) is 67.8 Å². The lowest BCUT2D eigenvalue weighted by Gasteiger charge is -2.29. The Morgan fingerprint density at radius 2 is 0.855 bits per heavy atom. The van der Waals surface area contributed by atoms with Crippen LogP contribution in [0.3, 0.4) is 0 Å². The number of amides is 1. The zero-order chi connectivity index (χ0) is 50.6. The Morgan fingerprint density at radius 3 is 1.28 bits per heavy atom. The lowest BCUT2D eigenvalue weighted by molar-refractivity contribution is -0.870. The summed E-state index contributed by atoms with van der Waals surface area (Å²) in [6.45, 7) is 4.62. The number of carbonyl (C=O) groups is 1. The van der Waals surface area contributed by atoms with Crippen molar-refractivity contribution in [2.75, 3.05) is 40.9 Å². The highest BCUT2D eigenvalue weighted by atomic mass is 31.2. The Morgan fingerprint density at radius 1 is 0.507 bits per heavy atom. The number of allylic oxidation sites excluding steroid dienone is 9. The Bertz CT molecular complexity index is 1310. The number of nitrogens with zero attached hydrogens (tertiary/aromatic N) is 1. The van der Waals surface area contributed by atoms with Gasteiger partial charge in [0.1, 0.15) is 13.2 Å². The van der Waals surface area contributed by atoms with Crippen LogP contribution in [0.4, 0.5) is 0 Å². The molecule has 0 heterocycles. The molecule has 0 aliphatic rings. The van der Waals surface area contributed by atoms with Gasteiger partial charge in [-0.25, -0.2) is 0 Å². The van der Waals surface area contributed by atoms with Crippen LogP contribution >= 0.6 is 7.82 Å². The Labute approximate surface area is 428 Å². The van der Waals surface area contributed by atoms with Crippen LogP contribution in [0.1, 0.15) is 264 Å². The largest absolute Gasteiger partial charge is 0.756 e. The molecule has 0 rings (SSSR count). The van der Waals surface area contributed by atoms with Crippen molar-refractivity contribution in [3.63, 3.8) is 0 Å². The number of phosphoric ester groups is 1. The molecule has 0 saturated heterocycles. The number of aliphatic hydroxyl groups excluding tert-OH is 1. The Hall–Kier alpha value is -1.80. The smallest absolute Gasteiger partial charge is 0.268 e. The van der Waals surface area contributed by atoms with E-state index in [1.165, 1.54) is 193 Å². The minimum absolute atomic E-state index is 0.00681. The van der Waals surface area contributed by atoms with E-state index in [1.54, 1.807) is 6.08 Å². The van der Waals surface area contributed by atoms with E-state index >= 15 is 0 Å². The quantitative estimate of drug-likeness (QED) is 0.0272. The van der Waals surface area contributed by atoms with Crippen molar-refractivity contribution in [3.8, 4) is 0 Å². The van der Waals surface area contributed by atoms with Gasteiger partial charge in [0.05, 0.1) is 39.9 Å². The van der Waals surface area contributed by atoms with E-state index in [4.69, 9.17) is 9.05 Å². The number of phosphoric acid groups is 1. The Balaban J connectivity index is 4.06. The second-order valence-corrected chi connectivity index (χ2v) is 22.4. The summed E-state index contributed by atoms with van der Waals surface area (Å²) in [7, 11) is 1.25. The molecule has 2 N–H and O–H groups in total. The molecule has 0 aromatic carbocycles. The third kappa shape index (κ3) is 53.8. The van der Waals surface area contributed by atoms with Crippen molar-refractivity contribution in [3.05, 3.63) is 60.8 Å². The van der Waals surface area contributed by atoms with Crippen molar-refractivity contribution in [1.82, 2.24) is 5.32 Å². The van der Waals surface area contributed by atoms with E-state index in [0.29, 0.717) is 17.4 Å². The predicted octanol–water partition coefficient (Wildman–Crippen LogP) is 17.1. The van der Waals surface area contributed by atoms with Gasteiger partial charge in [-0.3, -0.25) is 9.36 Å². The van der Waals surface area contributed by atoms with Gasteiger partial charge in [-0.1, -0.05) is 248 Å². The first-order valence-electron chi connectivity index (χ1n) is 29.2. The first-order valence-corrected chi connectivity index (χ1v) is 30.6. The van der Waals surface area contributed by atoms with Crippen LogP contribution in [-0.4, -0.2) is 68.5 Å². The predicted molar refractivity (Wildman–Crippen MR) is 297 cm³/mol. The average molecular weight is 990 g/mol. The normalized spacial score (nSPS) is 14.4. The second kappa shape index (κ2) is 51.1. The highest BCUT2D eigenvalue weighted by Gasteiger charge is 2.23. The van der Waals surface area contributed by atoms with Crippen LogP contribution in [0.5, 0.6) is 0 Å². The molecule has 0 radical (unpaired) electrons. The van der Waals surface area contributed by atoms with E-state index < -0.39 is 26.6 Å². The van der Waals surface area contributed by atoms with E-state index in [9.17, 15) is 19.4 Å². The monoisotopic (exact) mass is 989 g/mol. The number of hydrogen-bond acceptors (Lipinski definition) is 6. The molecule has 8 nitrogen and oxygen atoms in total. The third-order valence-electron chi connectivity index (χ3n) is 12.9. The summed E-state index contributed by atoms with van der Waals surface area (Å²) in [4.78, 5) is 25.4. The van der Waals surface area contributed by atoms with Gasteiger partial charge >= 0.3 is 0 Å². The minimum atomic E-state index is -4.60. The number of unbranched alkanes of at least 4 members (excludes halogenated alkanes) is 32. The van der Waals surface area contributed by atoms with Gasteiger partial charge in [-0.05, 0) is 70.6 Å². The Kier molecular flexibility index (Phi) is 49.8. The standard InChI is InChI=1S/C60H113N2O6P/c1-6-8-10-12-14-16-18-20-22-23-24-25-26-27-28-29-30-31-32-33-34-35-36-37-38-39-40-42-44-46-48-50-52-54-60(64)61-58(57-68-69(65,66)67-56-55-62(3,4)5)59(63)53-51-49-47-45-43-41-21-19-17-15-13-11-9-7-2/h18,20,23-24,26-27,43,45,51,53,58-59,63H,6-17,19,21-22,25,28-42,44,46-50,52,54-57H2,1-5H3,(H-,61,64,65,66)/b20-18-,24-23-,27-26-,45-43+,53-51+. The van der Waals surface area contributed by atoms with E-state index in [1.807, 2.05) is 27.2 Å². The van der Waals surface area contributed by atoms with Crippen LogP contribution in [0.15, 0.2) is 60.8 Å². The summed E-state index contributed by atoms with van der Waals surface area (Å²) in [6, 6.07) is -0.903. The minimum Gasteiger partial charge on any atom is -0.756 e. The fourth-order valence-corrected chi connectivity index (χ4v) is 9.08. The third-order valence-corrected chi connectivity index (χ3v) is 13.9. The molecule has 0 saturated carbocycles. The van der Waals surface area contributed by atoms with Crippen LogP contribution in [0.25, 0.3) is 0 Å².